The highest BCUT2D eigenvalue weighted by Gasteiger charge is 2.14. The highest BCUT2D eigenvalue weighted by molar-refractivity contribution is 5.91. The van der Waals surface area contributed by atoms with E-state index in [1.807, 2.05) is 0 Å². The Labute approximate surface area is 107 Å². The van der Waals surface area contributed by atoms with Crippen LogP contribution in [0.1, 0.15) is 27.8 Å². The van der Waals surface area contributed by atoms with Crippen molar-refractivity contribution in [3.05, 3.63) is 41.5 Å². The van der Waals surface area contributed by atoms with E-state index in [-0.39, 0.29) is 17.0 Å². The molecular formula is C12H10FN3O3. The van der Waals surface area contributed by atoms with Crippen LogP contribution in [-0.2, 0) is 4.74 Å². The standard InChI is InChI=1S/C12H10FN3O3/c1-7(17)11-6-14-16(15-11)8-3-4-9(10(13)5-8)12(18)19-2/h3-6H,1-2H3. The summed E-state index contributed by atoms with van der Waals surface area (Å²) in [4.78, 5) is 23.4. The molecule has 0 saturated heterocycles. The maximum Gasteiger partial charge on any atom is 0.340 e. The van der Waals surface area contributed by atoms with Gasteiger partial charge in [-0.15, -0.1) is 5.10 Å². The lowest BCUT2D eigenvalue weighted by molar-refractivity contribution is 0.0595. The molecule has 0 saturated carbocycles. The van der Waals surface area contributed by atoms with Gasteiger partial charge in [-0.3, -0.25) is 4.79 Å². The summed E-state index contributed by atoms with van der Waals surface area (Å²) in [6.07, 6.45) is 1.29. The summed E-state index contributed by atoms with van der Waals surface area (Å²) >= 11 is 0. The molecule has 0 atom stereocenters. The van der Waals surface area contributed by atoms with Gasteiger partial charge in [-0.05, 0) is 12.1 Å². The SMILES string of the molecule is COC(=O)c1ccc(-n2ncc(C(C)=O)n2)cc1F. The molecule has 98 valence electrons. The van der Waals surface area contributed by atoms with Crippen LogP contribution in [0.2, 0.25) is 0 Å². The van der Waals surface area contributed by atoms with Gasteiger partial charge in [0.15, 0.2) is 5.78 Å². The third-order valence-corrected chi connectivity index (χ3v) is 2.44. The Morgan fingerprint density at radius 3 is 2.63 bits per heavy atom. The van der Waals surface area contributed by atoms with Crippen molar-refractivity contribution in [2.45, 2.75) is 6.92 Å². The Hall–Kier alpha value is -2.57. The van der Waals surface area contributed by atoms with Crippen molar-refractivity contribution < 1.29 is 18.7 Å². The summed E-state index contributed by atoms with van der Waals surface area (Å²) < 4.78 is 18.1. The second-order valence-electron chi connectivity index (χ2n) is 3.73. The largest absolute Gasteiger partial charge is 0.465 e. The number of hydrogen-bond acceptors (Lipinski definition) is 5. The topological polar surface area (TPSA) is 74.1 Å². The molecule has 0 aliphatic rings. The fourth-order valence-corrected chi connectivity index (χ4v) is 1.45. The summed E-state index contributed by atoms with van der Waals surface area (Å²) in [5.74, 6) is -1.74. The molecule has 2 rings (SSSR count). The Balaban J connectivity index is 2.38. The molecule has 0 radical (unpaired) electrons. The summed E-state index contributed by atoms with van der Waals surface area (Å²) in [5, 5.41) is 7.73. The average Bonchev–Trinajstić information content (AvgIpc) is 2.87. The fraction of sp³-hybridized carbons (Fsp3) is 0.167. The molecule has 2 aromatic rings. The van der Waals surface area contributed by atoms with Crippen molar-refractivity contribution in [1.29, 1.82) is 0 Å². The van der Waals surface area contributed by atoms with Crippen LogP contribution in [0, 0.1) is 5.82 Å². The molecule has 0 spiro atoms. The minimum Gasteiger partial charge on any atom is -0.465 e. The molecule has 0 amide bonds. The molecule has 6 nitrogen and oxygen atoms in total. The van der Waals surface area contributed by atoms with Gasteiger partial charge in [0.2, 0.25) is 0 Å². The number of hydrogen-bond donors (Lipinski definition) is 0. The predicted octanol–water partition coefficient (Wildman–Crippen LogP) is 1.40. The van der Waals surface area contributed by atoms with Gasteiger partial charge in [0.05, 0.1) is 24.6 Å². The molecule has 0 aliphatic heterocycles. The van der Waals surface area contributed by atoms with Crippen LogP contribution in [0.5, 0.6) is 0 Å². The lowest BCUT2D eigenvalue weighted by Crippen LogP contribution is -2.07. The molecule has 1 heterocycles. The number of carbonyl (C=O) groups excluding carboxylic acids is 2. The summed E-state index contributed by atoms with van der Waals surface area (Å²) in [6, 6.07) is 3.82. The molecule has 0 unspecified atom stereocenters. The molecule has 19 heavy (non-hydrogen) atoms. The lowest BCUT2D eigenvalue weighted by Gasteiger charge is -2.03. The fourth-order valence-electron chi connectivity index (χ4n) is 1.45. The minimum atomic E-state index is -0.762. The monoisotopic (exact) mass is 263 g/mol. The van der Waals surface area contributed by atoms with Crippen molar-refractivity contribution in [3.8, 4) is 5.69 Å². The van der Waals surface area contributed by atoms with E-state index in [9.17, 15) is 14.0 Å². The first-order chi connectivity index (χ1) is 9.02. The number of nitrogens with zero attached hydrogens (tertiary/aromatic N) is 3. The first kappa shape index (κ1) is 12.9. The molecule has 7 heteroatoms. The summed E-state index contributed by atoms with van der Waals surface area (Å²) in [7, 11) is 1.17. The number of ether oxygens (including phenoxy) is 1. The van der Waals surface area contributed by atoms with Gasteiger partial charge in [0.1, 0.15) is 11.5 Å². The van der Waals surface area contributed by atoms with Crippen LogP contribution in [0.15, 0.2) is 24.4 Å². The number of halogens is 1. The van der Waals surface area contributed by atoms with E-state index < -0.39 is 11.8 Å². The average molecular weight is 263 g/mol. The second kappa shape index (κ2) is 4.97. The maximum atomic E-state index is 13.7. The van der Waals surface area contributed by atoms with E-state index in [0.717, 1.165) is 10.9 Å². The third-order valence-electron chi connectivity index (χ3n) is 2.44. The minimum absolute atomic E-state index is 0.176. The molecule has 0 fully saturated rings. The van der Waals surface area contributed by atoms with Crippen molar-refractivity contribution in [2.75, 3.05) is 7.11 Å². The van der Waals surface area contributed by atoms with E-state index in [1.54, 1.807) is 0 Å². The zero-order valence-electron chi connectivity index (χ0n) is 10.3. The molecule has 0 bridgehead atoms. The van der Waals surface area contributed by atoms with Crippen LogP contribution < -0.4 is 0 Å². The van der Waals surface area contributed by atoms with Crippen molar-refractivity contribution in [2.24, 2.45) is 0 Å². The molecular weight excluding hydrogens is 253 g/mol. The zero-order chi connectivity index (χ0) is 14.0. The van der Waals surface area contributed by atoms with Crippen LogP contribution in [0.25, 0.3) is 5.69 Å². The summed E-state index contributed by atoms with van der Waals surface area (Å²) in [6.45, 7) is 1.36. The van der Waals surface area contributed by atoms with Gasteiger partial charge < -0.3 is 4.74 Å². The van der Waals surface area contributed by atoms with Crippen LogP contribution in [0.3, 0.4) is 0 Å². The maximum absolute atomic E-state index is 13.7. The normalized spacial score (nSPS) is 10.3. The number of rotatable bonds is 3. The highest BCUT2D eigenvalue weighted by atomic mass is 19.1. The first-order valence-electron chi connectivity index (χ1n) is 5.34. The van der Waals surface area contributed by atoms with Crippen molar-refractivity contribution in [3.63, 3.8) is 0 Å². The quantitative estimate of drug-likeness (QED) is 0.618. The van der Waals surface area contributed by atoms with Gasteiger partial charge >= 0.3 is 5.97 Å². The van der Waals surface area contributed by atoms with Gasteiger partial charge in [-0.2, -0.15) is 9.90 Å². The molecule has 0 aliphatic carbocycles. The number of esters is 1. The third kappa shape index (κ3) is 2.49. The Morgan fingerprint density at radius 2 is 2.11 bits per heavy atom. The van der Waals surface area contributed by atoms with Crippen LogP contribution in [0.4, 0.5) is 4.39 Å². The zero-order valence-corrected chi connectivity index (χ0v) is 10.3. The number of ketones is 1. The Kier molecular flexibility index (Phi) is 3.37. The van der Waals surface area contributed by atoms with Gasteiger partial charge in [0.25, 0.3) is 0 Å². The number of aromatic nitrogens is 3. The Morgan fingerprint density at radius 1 is 1.37 bits per heavy atom. The molecule has 1 aromatic heterocycles. The van der Waals surface area contributed by atoms with E-state index in [2.05, 4.69) is 14.9 Å². The van der Waals surface area contributed by atoms with Crippen molar-refractivity contribution >= 4 is 11.8 Å². The predicted molar refractivity (Wildman–Crippen MR) is 62.7 cm³/mol. The second-order valence-corrected chi connectivity index (χ2v) is 3.73. The number of methoxy groups -OCH3 is 1. The summed E-state index contributed by atoms with van der Waals surface area (Å²) in [5.41, 5.74) is 0.306. The van der Waals surface area contributed by atoms with Crippen LogP contribution >= 0.6 is 0 Å². The van der Waals surface area contributed by atoms with Gasteiger partial charge in [-0.25, -0.2) is 9.18 Å². The molecule has 1 aromatic carbocycles. The number of benzene rings is 1. The Bertz CT molecular complexity index is 651. The van der Waals surface area contributed by atoms with E-state index >= 15 is 0 Å². The lowest BCUT2D eigenvalue weighted by atomic mass is 10.2. The smallest absolute Gasteiger partial charge is 0.340 e. The number of carbonyl (C=O) groups is 2. The van der Waals surface area contributed by atoms with Gasteiger partial charge in [0, 0.05) is 13.0 Å². The number of Topliss-reactive ketones (excluding diaryl/α,β-unsaturated/α-hetero) is 1. The molecule has 0 N–H and O–H groups in total. The van der Waals surface area contributed by atoms with Gasteiger partial charge in [-0.1, -0.05) is 0 Å². The van der Waals surface area contributed by atoms with E-state index in [0.29, 0.717) is 5.69 Å². The van der Waals surface area contributed by atoms with E-state index in [1.165, 1.54) is 32.4 Å². The van der Waals surface area contributed by atoms with Crippen LogP contribution in [-0.4, -0.2) is 33.9 Å². The van der Waals surface area contributed by atoms with E-state index in [4.69, 9.17) is 0 Å². The highest BCUT2D eigenvalue weighted by Crippen LogP contribution is 2.14. The first-order valence-corrected chi connectivity index (χ1v) is 5.34. The van der Waals surface area contributed by atoms with Crippen molar-refractivity contribution in [1.82, 2.24) is 15.0 Å².